The van der Waals surface area contributed by atoms with Gasteiger partial charge in [0.25, 0.3) is 0 Å². The summed E-state index contributed by atoms with van der Waals surface area (Å²) in [7, 11) is 0. The van der Waals surface area contributed by atoms with E-state index in [0.717, 1.165) is 25.1 Å². The molecule has 0 bridgehead atoms. The smallest absolute Gasteiger partial charge is 0.182 e. The molecule has 2 rings (SSSR count). The van der Waals surface area contributed by atoms with E-state index >= 15 is 0 Å². The molecular weight excluding hydrogens is 150 g/mol. The first-order valence-corrected chi connectivity index (χ1v) is 4.52. The molecule has 1 saturated carbocycles. The van der Waals surface area contributed by atoms with Gasteiger partial charge in [-0.15, -0.1) is 0 Å². The number of aromatic nitrogens is 1. The van der Waals surface area contributed by atoms with E-state index in [1.54, 1.807) is 0 Å². The van der Waals surface area contributed by atoms with Crippen LogP contribution in [0.3, 0.4) is 0 Å². The predicted molar refractivity (Wildman–Crippen MR) is 47.2 cm³/mol. The highest BCUT2D eigenvalue weighted by atomic mass is 16.1. The lowest BCUT2D eigenvalue weighted by Gasteiger charge is -2.03. The van der Waals surface area contributed by atoms with E-state index in [1.807, 2.05) is 22.9 Å². The lowest BCUT2D eigenvalue weighted by atomic mass is 10.2. The standard InChI is InChI=1S/C10H13NO/c1-2-11-7-3-4-9(11)10(12)8-5-6-8/h3-4,7-8H,2,5-6H2,1H3. The molecule has 1 fully saturated rings. The predicted octanol–water partition coefficient (Wildman–Crippen LogP) is 2.10. The van der Waals surface area contributed by atoms with Crippen LogP contribution < -0.4 is 0 Å². The van der Waals surface area contributed by atoms with E-state index in [2.05, 4.69) is 6.92 Å². The van der Waals surface area contributed by atoms with Crippen molar-refractivity contribution in [1.29, 1.82) is 0 Å². The number of nitrogens with zero attached hydrogens (tertiary/aromatic N) is 1. The Morgan fingerprint density at radius 2 is 2.42 bits per heavy atom. The van der Waals surface area contributed by atoms with E-state index < -0.39 is 0 Å². The number of ketones is 1. The van der Waals surface area contributed by atoms with Gasteiger partial charge in [-0.25, -0.2) is 0 Å². The summed E-state index contributed by atoms with van der Waals surface area (Å²) in [6.45, 7) is 2.95. The second-order valence-electron chi connectivity index (χ2n) is 3.32. The minimum atomic E-state index is 0.335. The molecule has 0 aliphatic heterocycles. The van der Waals surface area contributed by atoms with Gasteiger partial charge in [0.1, 0.15) is 0 Å². The average Bonchev–Trinajstić information content (AvgIpc) is 2.82. The van der Waals surface area contributed by atoms with Gasteiger partial charge in [-0.3, -0.25) is 4.79 Å². The lowest BCUT2D eigenvalue weighted by molar-refractivity contribution is 0.0958. The Hall–Kier alpha value is -1.05. The highest BCUT2D eigenvalue weighted by Gasteiger charge is 2.31. The number of rotatable bonds is 3. The van der Waals surface area contributed by atoms with Crippen molar-refractivity contribution in [1.82, 2.24) is 4.57 Å². The maximum absolute atomic E-state index is 11.6. The quantitative estimate of drug-likeness (QED) is 0.625. The molecule has 12 heavy (non-hydrogen) atoms. The van der Waals surface area contributed by atoms with Crippen molar-refractivity contribution < 1.29 is 4.79 Å². The third-order valence-electron chi connectivity index (χ3n) is 2.37. The summed E-state index contributed by atoms with van der Waals surface area (Å²) >= 11 is 0. The molecule has 0 saturated heterocycles. The summed E-state index contributed by atoms with van der Waals surface area (Å²) < 4.78 is 2.01. The Morgan fingerprint density at radius 1 is 1.67 bits per heavy atom. The molecule has 1 aromatic heterocycles. The Balaban J connectivity index is 2.25. The third kappa shape index (κ3) is 1.17. The number of aryl methyl sites for hydroxylation is 1. The van der Waals surface area contributed by atoms with Crippen LogP contribution in [0.2, 0.25) is 0 Å². The molecule has 0 atom stereocenters. The minimum Gasteiger partial charge on any atom is -0.345 e. The topological polar surface area (TPSA) is 22.0 Å². The lowest BCUT2D eigenvalue weighted by Crippen LogP contribution is -2.08. The van der Waals surface area contributed by atoms with Crippen molar-refractivity contribution in [3.8, 4) is 0 Å². The first-order valence-electron chi connectivity index (χ1n) is 4.52. The second kappa shape index (κ2) is 2.77. The van der Waals surface area contributed by atoms with Crippen molar-refractivity contribution in [2.75, 3.05) is 0 Å². The van der Waals surface area contributed by atoms with Gasteiger partial charge >= 0.3 is 0 Å². The van der Waals surface area contributed by atoms with Gasteiger partial charge in [0.15, 0.2) is 5.78 Å². The van der Waals surface area contributed by atoms with Crippen LogP contribution in [0.4, 0.5) is 0 Å². The van der Waals surface area contributed by atoms with Crippen LogP contribution >= 0.6 is 0 Å². The number of hydrogen-bond acceptors (Lipinski definition) is 1. The zero-order chi connectivity index (χ0) is 8.55. The SMILES string of the molecule is CCn1cccc1C(=O)C1CC1. The van der Waals surface area contributed by atoms with Gasteiger partial charge in [-0.1, -0.05) is 0 Å². The van der Waals surface area contributed by atoms with E-state index in [9.17, 15) is 4.79 Å². The molecule has 1 aromatic rings. The Bertz CT molecular complexity index is 297. The Morgan fingerprint density at radius 3 is 3.00 bits per heavy atom. The monoisotopic (exact) mass is 163 g/mol. The molecule has 0 spiro atoms. The Kier molecular flexibility index (Phi) is 1.75. The van der Waals surface area contributed by atoms with E-state index in [1.165, 1.54) is 0 Å². The molecule has 0 amide bonds. The highest BCUT2D eigenvalue weighted by molar-refractivity contribution is 5.97. The summed E-state index contributed by atoms with van der Waals surface area (Å²) in [5.41, 5.74) is 0.889. The number of hydrogen-bond donors (Lipinski definition) is 0. The molecule has 1 aliphatic rings. The van der Waals surface area contributed by atoms with Crippen molar-refractivity contribution in [2.45, 2.75) is 26.3 Å². The molecule has 2 nitrogen and oxygen atoms in total. The molecule has 1 heterocycles. The average molecular weight is 163 g/mol. The first kappa shape index (κ1) is 7.59. The van der Waals surface area contributed by atoms with Crippen molar-refractivity contribution in [3.05, 3.63) is 24.0 Å². The van der Waals surface area contributed by atoms with Crippen LogP contribution in [0.5, 0.6) is 0 Å². The number of Topliss-reactive ketones (excluding diaryl/α,β-unsaturated/α-hetero) is 1. The van der Waals surface area contributed by atoms with Gasteiger partial charge in [0.05, 0.1) is 5.69 Å². The zero-order valence-electron chi connectivity index (χ0n) is 7.29. The van der Waals surface area contributed by atoms with Gasteiger partial charge in [-0.2, -0.15) is 0 Å². The minimum absolute atomic E-state index is 0.335. The van der Waals surface area contributed by atoms with Crippen LogP contribution in [-0.2, 0) is 6.54 Å². The van der Waals surface area contributed by atoms with Crippen molar-refractivity contribution >= 4 is 5.78 Å². The fraction of sp³-hybridized carbons (Fsp3) is 0.500. The number of carbonyl (C=O) groups excluding carboxylic acids is 1. The van der Waals surface area contributed by atoms with E-state index in [4.69, 9.17) is 0 Å². The molecule has 0 N–H and O–H groups in total. The summed E-state index contributed by atoms with van der Waals surface area (Å²) in [5.74, 6) is 0.673. The number of carbonyl (C=O) groups is 1. The second-order valence-corrected chi connectivity index (χ2v) is 3.32. The first-order chi connectivity index (χ1) is 5.83. The molecule has 2 heteroatoms. The summed E-state index contributed by atoms with van der Waals surface area (Å²) in [6.07, 6.45) is 4.15. The fourth-order valence-corrected chi connectivity index (χ4v) is 1.47. The summed E-state index contributed by atoms with van der Waals surface area (Å²) in [6, 6.07) is 3.86. The molecule has 0 unspecified atom stereocenters. The van der Waals surface area contributed by atoms with Gasteiger partial charge in [0, 0.05) is 18.7 Å². The third-order valence-corrected chi connectivity index (χ3v) is 2.37. The van der Waals surface area contributed by atoms with Crippen LogP contribution in [0.15, 0.2) is 18.3 Å². The highest BCUT2D eigenvalue weighted by Crippen LogP contribution is 2.32. The van der Waals surface area contributed by atoms with E-state index in [0.29, 0.717) is 11.7 Å². The van der Waals surface area contributed by atoms with Crippen LogP contribution in [-0.4, -0.2) is 10.4 Å². The molecular formula is C10H13NO. The molecule has 0 radical (unpaired) electrons. The molecule has 64 valence electrons. The van der Waals surface area contributed by atoms with Crippen molar-refractivity contribution in [2.24, 2.45) is 5.92 Å². The maximum atomic E-state index is 11.6. The molecule has 0 aromatic carbocycles. The zero-order valence-corrected chi connectivity index (χ0v) is 7.29. The van der Waals surface area contributed by atoms with Crippen LogP contribution in [0, 0.1) is 5.92 Å². The van der Waals surface area contributed by atoms with Crippen molar-refractivity contribution in [3.63, 3.8) is 0 Å². The Labute approximate surface area is 72.2 Å². The van der Waals surface area contributed by atoms with E-state index in [-0.39, 0.29) is 0 Å². The summed E-state index contributed by atoms with van der Waals surface area (Å²) in [5, 5.41) is 0. The van der Waals surface area contributed by atoms with Gasteiger partial charge in [-0.05, 0) is 31.9 Å². The molecule has 1 aliphatic carbocycles. The van der Waals surface area contributed by atoms with Gasteiger partial charge < -0.3 is 4.57 Å². The summed E-state index contributed by atoms with van der Waals surface area (Å²) in [4.78, 5) is 11.6. The largest absolute Gasteiger partial charge is 0.345 e. The van der Waals surface area contributed by atoms with Gasteiger partial charge in [0.2, 0.25) is 0 Å². The van der Waals surface area contributed by atoms with Crippen LogP contribution in [0.25, 0.3) is 0 Å². The maximum Gasteiger partial charge on any atom is 0.182 e. The van der Waals surface area contributed by atoms with Crippen LogP contribution in [0.1, 0.15) is 30.3 Å². The normalized spacial score (nSPS) is 16.4. The fourth-order valence-electron chi connectivity index (χ4n) is 1.47.